The van der Waals surface area contributed by atoms with Gasteiger partial charge in [-0.3, -0.25) is 0 Å². The number of hydrogen-bond donors (Lipinski definition) is 1. The Kier molecular flexibility index (Phi) is 4.18. The van der Waals surface area contributed by atoms with Crippen molar-refractivity contribution in [3.8, 4) is 0 Å². The lowest BCUT2D eigenvalue weighted by atomic mass is 9.95. The van der Waals surface area contributed by atoms with Crippen LogP contribution < -0.4 is 4.72 Å². The van der Waals surface area contributed by atoms with E-state index in [9.17, 15) is 8.42 Å². The molecule has 0 atom stereocenters. The highest BCUT2D eigenvalue weighted by atomic mass is 32.2. The van der Waals surface area contributed by atoms with Crippen LogP contribution in [0.4, 0.5) is 0 Å². The molecule has 0 fully saturated rings. The second-order valence-corrected chi connectivity index (χ2v) is 7.93. The lowest BCUT2D eigenvalue weighted by Gasteiger charge is -2.24. The van der Waals surface area contributed by atoms with Crippen LogP contribution in [0.5, 0.6) is 0 Å². The van der Waals surface area contributed by atoms with Crippen LogP contribution in [0.2, 0.25) is 0 Å². The van der Waals surface area contributed by atoms with Crippen molar-refractivity contribution in [2.24, 2.45) is 0 Å². The third kappa shape index (κ3) is 3.18. The smallest absolute Gasteiger partial charge is 0.207 e. The maximum Gasteiger partial charge on any atom is 0.241 e. The molecule has 1 aromatic rings. The molecule has 19 heavy (non-hydrogen) atoms. The number of benzene rings is 1. The Labute approximate surface area is 117 Å². The van der Waals surface area contributed by atoms with Gasteiger partial charge in [0.25, 0.3) is 0 Å². The van der Waals surface area contributed by atoms with E-state index >= 15 is 0 Å². The zero-order valence-corrected chi connectivity index (χ0v) is 14.0. The van der Waals surface area contributed by atoms with Crippen LogP contribution in [0, 0.1) is 34.6 Å². The Bertz CT molecular complexity index is 579. The molecule has 0 spiro atoms. The van der Waals surface area contributed by atoms with Gasteiger partial charge >= 0.3 is 0 Å². The fourth-order valence-corrected chi connectivity index (χ4v) is 4.34. The molecule has 0 aliphatic carbocycles. The minimum Gasteiger partial charge on any atom is -0.207 e. The van der Waals surface area contributed by atoms with Crippen LogP contribution in [-0.4, -0.2) is 14.0 Å². The fraction of sp³-hybridized carbons (Fsp3) is 0.600. The molecule has 0 aromatic heterocycles. The van der Waals surface area contributed by atoms with Crippen molar-refractivity contribution in [3.63, 3.8) is 0 Å². The van der Waals surface area contributed by atoms with E-state index in [4.69, 9.17) is 0 Å². The van der Waals surface area contributed by atoms with Gasteiger partial charge in [0.15, 0.2) is 0 Å². The van der Waals surface area contributed by atoms with Gasteiger partial charge in [-0.15, -0.1) is 0 Å². The normalized spacial score (nSPS) is 12.8. The monoisotopic (exact) mass is 283 g/mol. The molecular weight excluding hydrogens is 258 g/mol. The maximum absolute atomic E-state index is 12.6. The average Bonchev–Trinajstić information content (AvgIpc) is 2.20. The van der Waals surface area contributed by atoms with Gasteiger partial charge in [0.1, 0.15) is 0 Å². The van der Waals surface area contributed by atoms with E-state index in [0.29, 0.717) is 4.90 Å². The first-order valence-corrected chi connectivity index (χ1v) is 7.97. The standard InChI is InChI=1S/C15H25NO2S/c1-9-10(2)12(4)14(13(5)11(9)3)19(17,18)16-15(6,7)8/h16H,1-8H3. The summed E-state index contributed by atoms with van der Waals surface area (Å²) >= 11 is 0. The first-order chi connectivity index (χ1) is 8.38. The summed E-state index contributed by atoms with van der Waals surface area (Å²) in [6, 6.07) is 0. The largest absolute Gasteiger partial charge is 0.241 e. The molecule has 1 N–H and O–H groups in total. The number of sulfonamides is 1. The highest BCUT2D eigenvalue weighted by molar-refractivity contribution is 7.89. The molecule has 0 aliphatic rings. The summed E-state index contributed by atoms with van der Waals surface area (Å²) in [7, 11) is -3.49. The molecule has 0 heterocycles. The first-order valence-electron chi connectivity index (χ1n) is 6.49. The highest BCUT2D eigenvalue weighted by Gasteiger charge is 2.27. The Balaban J connectivity index is 3.61. The predicted octanol–water partition coefficient (Wildman–Crippen LogP) is 3.31. The topological polar surface area (TPSA) is 46.2 Å². The number of rotatable bonds is 2. The summed E-state index contributed by atoms with van der Waals surface area (Å²) in [5, 5.41) is 0. The highest BCUT2D eigenvalue weighted by Crippen LogP contribution is 2.29. The summed E-state index contributed by atoms with van der Waals surface area (Å²) in [5.74, 6) is 0. The van der Waals surface area contributed by atoms with E-state index in [0.717, 1.165) is 22.3 Å². The van der Waals surface area contributed by atoms with E-state index in [1.54, 1.807) is 0 Å². The van der Waals surface area contributed by atoms with E-state index < -0.39 is 15.6 Å². The Morgan fingerprint density at radius 2 is 1.05 bits per heavy atom. The zero-order valence-electron chi connectivity index (χ0n) is 13.2. The summed E-state index contributed by atoms with van der Waals surface area (Å²) < 4.78 is 27.9. The fourth-order valence-electron chi connectivity index (χ4n) is 2.32. The molecule has 0 amide bonds. The van der Waals surface area contributed by atoms with Crippen molar-refractivity contribution in [2.75, 3.05) is 0 Å². The molecule has 0 radical (unpaired) electrons. The molecule has 0 saturated heterocycles. The van der Waals surface area contributed by atoms with E-state index in [-0.39, 0.29) is 0 Å². The molecule has 0 saturated carbocycles. The van der Waals surface area contributed by atoms with Crippen molar-refractivity contribution < 1.29 is 8.42 Å². The summed E-state index contributed by atoms with van der Waals surface area (Å²) in [6.07, 6.45) is 0. The van der Waals surface area contributed by atoms with Crippen molar-refractivity contribution >= 4 is 10.0 Å². The number of hydrogen-bond acceptors (Lipinski definition) is 2. The summed E-state index contributed by atoms with van der Waals surface area (Å²) in [4.78, 5) is 0.433. The van der Waals surface area contributed by atoms with Crippen molar-refractivity contribution in [2.45, 2.75) is 65.8 Å². The van der Waals surface area contributed by atoms with Gasteiger partial charge in [-0.25, -0.2) is 13.1 Å². The molecule has 108 valence electrons. The summed E-state index contributed by atoms with van der Waals surface area (Å²) in [6.45, 7) is 15.3. The second-order valence-electron chi connectivity index (χ2n) is 6.31. The van der Waals surface area contributed by atoms with E-state index in [1.165, 1.54) is 5.56 Å². The van der Waals surface area contributed by atoms with Crippen LogP contribution in [0.25, 0.3) is 0 Å². The van der Waals surface area contributed by atoms with Gasteiger partial charge in [0.05, 0.1) is 4.90 Å². The third-order valence-electron chi connectivity index (χ3n) is 3.64. The van der Waals surface area contributed by atoms with Gasteiger partial charge in [-0.05, 0) is 83.2 Å². The Morgan fingerprint density at radius 1 is 0.737 bits per heavy atom. The molecule has 1 rings (SSSR count). The van der Waals surface area contributed by atoms with E-state index in [1.807, 2.05) is 55.4 Å². The maximum atomic E-state index is 12.6. The van der Waals surface area contributed by atoms with Gasteiger partial charge in [0.2, 0.25) is 10.0 Å². The average molecular weight is 283 g/mol. The van der Waals surface area contributed by atoms with Gasteiger partial charge in [-0.1, -0.05) is 0 Å². The SMILES string of the molecule is Cc1c(C)c(C)c(S(=O)(=O)NC(C)(C)C)c(C)c1C. The third-order valence-corrected chi connectivity index (χ3v) is 5.67. The lowest BCUT2D eigenvalue weighted by Crippen LogP contribution is -2.41. The minimum atomic E-state index is -3.49. The van der Waals surface area contributed by atoms with Crippen LogP contribution in [0.15, 0.2) is 4.90 Å². The van der Waals surface area contributed by atoms with Crippen molar-refractivity contribution in [1.82, 2.24) is 4.72 Å². The Hall–Kier alpha value is -0.870. The quantitative estimate of drug-likeness (QED) is 0.905. The molecule has 0 aliphatic heterocycles. The summed E-state index contributed by atoms with van der Waals surface area (Å²) in [5.41, 5.74) is 4.49. The first kappa shape index (κ1) is 16.2. The molecule has 3 nitrogen and oxygen atoms in total. The number of nitrogens with one attached hydrogen (secondary N) is 1. The van der Waals surface area contributed by atoms with Crippen molar-refractivity contribution in [3.05, 3.63) is 27.8 Å². The van der Waals surface area contributed by atoms with E-state index in [2.05, 4.69) is 4.72 Å². The zero-order chi connectivity index (χ0) is 15.2. The minimum absolute atomic E-state index is 0.433. The van der Waals surface area contributed by atoms with Gasteiger partial charge in [-0.2, -0.15) is 0 Å². The predicted molar refractivity (Wildman–Crippen MR) is 80.2 cm³/mol. The Morgan fingerprint density at radius 3 is 1.37 bits per heavy atom. The van der Waals surface area contributed by atoms with Crippen LogP contribution in [-0.2, 0) is 10.0 Å². The van der Waals surface area contributed by atoms with Crippen LogP contribution >= 0.6 is 0 Å². The van der Waals surface area contributed by atoms with Gasteiger partial charge < -0.3 is 0 Å². The second kappa shape index (κ2) is 4.91. The molecule has 0 bridgehead atoms. The van der Waals surface area contributed by atoms with Crippen LogP contribution in [0.1, 0.15) is 48.6 Å². The lowest BCUT2D eigenvalue weighted by molar-refractivity contribution is 0.491. The molecule has 4 heteroatoms. The molecular formula is C15H25NO2S. The molecule has 1 aromatic carbocycles. The van der Waals surface area contributed by atoms with Gasteiger partial charge in [0, 0.05) is 5.54 Å². The molecule has 0 unspecified atom stereocenters. The van der Waals surface area contributed by atoms with Crippen molar-refractivity contribution in [1.29, 1.82) is 0 Å². The van der Waals surface area contributed by atoms with Crippen LogP contribution in [0.3, 0.4) is 0 Å².